The predicted molar refractivity (Wildman–Crippen MR) is 101 cm³/mol. The number of carbonyl (C=O) groups is 1. The number of nitriles is 1. The minimum Gasteiger partial charge on any atom is -0.323 e. The summed E-state index contributed by atoms with van der Waals surface area (Å²) in [7, 11) is 0. The van der Waals surface area contributed by atoms with Crippen LogP contribution in [0, 0.1) is 17.1 Å². The first-order chi connectivity index (χ1) is 12.1. The molecule has 2 aromatic rings. The maximum Gasteiger partial charge on any atom is 0.250 e. The van der Waals surface area contributed by atoms with Crippen LogP contribution in [0.2, 0.25) is 0 Å². The van der Waals surface area contributed by atoms with E-state index in [0.717, 1.165) is 24.8 Å². The highest BCUT2D eigenvalue weighted by molar-refractivity contribution is 7.80. The predicted octanol–water partition coefficient (Wildman–Crippen LogP) is 3.77. The fourth-order valence-corrected chi connectivity index (χ4v) is 4.16. The molecule has 3 rings (SSSR count). The van der Waals surface area contributed by atoms with E-state index in [4.69, 9.17) is 12.2 Å². The zero-order valence-electron chi connectivity index (χ0n) is 13.1. The summed E-state index contributed by atoms with van der Waals surface area (Å²) in [6.45, 7) is 0. The van der Waals surface area contributed by atoms with E-state index in [-0.39, 0.29) is 10.9 Å². The Balaban J connectivity index is 1.60. The number of nitrogens with one attached hydrogen (secondary N) is 2. The summed E-state index contributed by atoms with van der Waals surface area (Å²) in [5, 5.41) is 15.7. The largest absolute Gasteiger partial charge is 0.323 e. The van der Waals surface area contributed by atoms with E-state index in [9.17, 15) is 14.4 Å². The number of hydrogen-bond acceptors (Lipinski definition) is 4. The van der Waals surface area contributed by atoms with Crippen molar-refractivity contribution in [2.24, 2.45) is 0 Å². The topological polar surface area (TPSA) is 64.9 Å². The minimum absolute atomic E-state index is 0.144. The van der Waals surface area contributed by atoms with Gasteiger partial charge in [-0.1, -0.05) is 12.1 Å². The van der Waals surface area contributed by atoms with Gasteiger partial charge in [0.1, 0.15) is 16.9 Å². The number of rotatable bonds is 3. The zero-order chi connectivity index (χ0) is 17.8. The third kappa shape index (κ3) is 4.10. The molecule has 0 fully saturated rings. The third-order valence-corrected chi connectivity index (χ3v) is 5.21. The number of thiophene rings is 1. The molecule has 0 aliphatic heterocycles. The molecule has 0 saturated heterocycles. The minimum atomic E-state index is -0.399. The molecule has 2 N–H and O–H groups in total. The van der Waals surface area contributed by atoms with Crippen LogP contribution in [-0.4, -0.2) is 11.0 Å². The number of carbonyl (C=O) groups excluding carboxylic acids is 1. The molecule has 0 spiro atoms. The first kappa shape index (κ1) is 17.3. The van der Waals surface area contributed by atoms with Gasteiger partial charge in [0.05, 0.1) is 5.56 Å². The molecule has 1 amide bonds. The Hall–Kier alpha value is -2.56. The van der Waals surface area contributed by atoms with E-state index in [2.05, 4.69) is 16.7 Å². The highest BCUT2D eigenvalue weighted by atomic mass is 32.1. The number of thiocarbonyl (C=S) groups is 1. The van der Waals surface area contributed by atoms with E-state index in [1.807, 2.05) is 0 Å². The molecular formula is C18H14FN3OS2. The fraction of sp³-hybridized carbons (Fsp3) is 0.167. The number of amides is 1. The van der Waals surface area contributed by atoms with Crippen molar-refractivity contribution in [2.45, 2.75) is 19.3 Å². The maximum absolute atomic E-state index is 12.8. The van der Waals surface area contributed by atoms with Gasteiger partial charge in [-0.05, 0) is 60.8 Å². The monoisotopic (exact) mass is 371 g/mol. The van der Waals surface area contributed by atoms with Crippen molar-refractivity contribution < 1.29 is 9.18 Å². The molecule has 1 heterocycles. The summed E-state index contributed by atoms with van der Waals surface area (Å²) >= 11 is 6.66. The first-order valence-corrected chi connectivity index (χ1v) is 8.89. The zero-order valence-corrected chi connectivity index (χ0v) is 14.8. The average molecular weight is 371 g/mol. The molecule has 1 aliphatic rings. The molecule has 0 bridgehead atoms. The lowest BCUT2D eigenvalue weighted by Gasteiger charge is -2.07. The van der Waals surface area contributed by atoms with Crippen molar-refractivity contribution in [3.63, 3.8) is 0 Å². The first-order valence-electron chi connectivity index (χ1n) is 7.67. The van der Waals surface area contributed by atoms with Gasteiger partial charge < -0.3 is 5.32 Å². The summed E-state index contributed by atoms with van der Waals surface area (Å²) in [6, 6.07) is 8.00. The van der Waals surface area contributed by atoms with Gasteiger partial charge in [-0.3, -0.25) is 10.1 Å². The van der Waals surface area contributed by atoms with Crippen molar-refractivity contribution in [1.82, 2.24) is 5.32 Å². The maximum atomic E-state index is 12.8. The lowest BCUT2D eigenvalue weighted by molar-refractivity contribution is -0.115. The second-order valence-corrected chi connectivity index (χ2v) is 7.01. The number of halogens is 1. The van der Waals surface area contributed by atoms with Gasteiger partial charge >= 0.3 is 0 Å². The third-order valence-electron chi connectivity index (χ3n) is 3.79. The molecule has 7 heteroatoms. The van der Waals surface area contributed by atoms with Crippen LogP contribution in [-0.2, 0) is 17.6 Å². The molecule has 25 heavy (non-hydrogen) atoms. The van der Waals surface area contributed by atoms with Crippen LogP contribution in [0.5, 0.6) is 0 Å². The van der Waals surface area contributed by atoms with E-state index >= 15 is 0 Å². The lowest BCUT2D eigenvalue weighted by atomic mass is 10.1. The van der Waals surface area contributed by atoms with Crippen molar-refractivity contribution in [3.8, 4) is 6.07 Å². The molecule has 1 aromatic carbocycles. The summed E-state index contributed by atoms with van der Waals surface area (Å²) < 4.78 is 12.8. The molecule has 126 valence electrons. The van der Waals surface area contributed by atoms with Crippen molar-refractivity contribution >= 4 is 45.7 Å². The lowest BCUT2D eigenvalue weighted by Crippen LogP contribution is -2.32. The molecule has 0 saturated carbocycles. The second-order valence-electron chi connectivity index (χ2n) is 5.50. The molecule has 0 unspecified atom stereocenters. The summed E-state index contributed by atoms with van der Waals surface area (Å²) in [4.78, 5) is 13.1. The van der Waals surface area contributed by atoms with E-state index in [1.54, 1.807) is 18.2 Å². The Morgan fingerprint density at radius 3 is 2.80 bits per heavy atom. The van der Waals surface area contributed by atoms with Crippen LogP contribution >= 0.6 is 23.6 Å². The Bertz CT molecular complexity index is 894. The summed E-state index contributed by atoms with van der Waals surface area (Å²) in [5.74, 6) is -0.729. The van der Waals surface area contributed by atoms with Gasteiger partial charge in [0.25, 0.3) is 0 Å². The number of nitrogens with zero attached hydrogens (tertiary/aromatic N) is 1. The van der Waals surface area contributed by atoms with Crippen LogP contribution in [0.15, 0.2) is 30.3 Å². The normalized spacial score (nSPS) is 12.6. The van der Waals surface area contributed by atoms with Crippen molar-refractivity contribution in [2.75, 3.05) is 5.32 Å². The quantitative estimate of drug-likeness (QED) is 0.637. The molecule has 1 aromatic heterocycles. The highest BCUT2D eigenvalue weighted by Crippen LogP contribution is 2.38. The molecule has 0 atom stereocenters. The number of hydrogen-bond donors (Lipinski definition) is 2. The van der Waals surface area contributed by atoms with Gasteiger partial charge in [-0.25, -0.2) is 4.39 Å². The van der Waals surface area contributed by atoms with Crippen LogP contribution in [0.25, 0.3) is 6.08 Å². The number of benzene rings is 1. The number of fused-ring (bicyclic) bond motifs is 1. The van der Waals surface area contributed by atoms with Crippen molar-refractivity contribution in [3.05, 3.63) is 57.7 Å². The van der Waals surface area contributed by atoms with Gasteiger partial charge in [-0.2, -0.15) is 5.26 Å². The molecule has 0 radical (unpaired) electrons. The smallest absolute Gasteiger partial charge is 0.250 e. The van der Waals surface area contributed by atoms with Gasteiger partial charge in [0, 0.05) is 11.0 Å². The van der Waals surface area contributed by atoms with Crippen molar-refractivity contribution in [1.29, 1.82) is 5.26 Å². The molecule has 4 nitrogen and oxygen atoms in total. The Kier molecular flexibility index (Phi) is 5.22. The summed E-state index contributed by atoms with van der Waals surface area (Å²) in [6.07, 6.45) is 5.86. The number of aryl methyl sites for hydroxylation is 1. The second kappa shape index (κ2) is 7.55. The highest BCUT2D eigenvalue weighted by Gasteiger charge is 2.22. The average Bonchev–Trinajstić information content (AvgIpc) is 3.14. The van der Waals surface area contributed by atoms with E-state index in [0.29, 0.717) is 16.1 Å². The van der Waals surface area contributed by atoms with E-state index < -0.39 is 5.91 Å². The Morgan fingerprint density at radius 1 is 1.32 bits per heavy atom. The van der Waals surface area contributed by atoms with E-state index in [1.165, 1.54) is 34.4 Å². The van der Waals surface area contributed by atoms with Crippen LogP contribution in [0.1, 0.15) is 28.0 Å². The van der Waals surface area contributed by atoms with Gasteiger partial charge in [0.2, 0.25) is 5.91 Å². The molecule has 1 aliphatic carbocycles. The van der Waals surface area contributed by atoms with Gasteiger partial charge in [0.15, 0.2) is 5.11 Å². The van der Waals surface area contributed by atoms with Gasteiger partial charge in [-0.15, -0.1) is 11.3 Å². The SMILES string of the molecule is N#Cc1c(NC(=S)NC(=O)/C=C/c2ccc(F)cc2)sc2c1CCC2. The summed E-state index contributed by atoms with van der Waals surface area (Å²) in [5.41, 5.74) is 2.42. The standard InChI is InChI=1S/C18H14FN3OS2/c19-12-7-4-11(5-8-12)6-9-16(23)21-18(24)22-17-14(10-20)13-2-1-3-15(13)25-17/h4-9H,1-3H2,(H2,21,22,23,24)/b9-6+. The fourth-order valence-electron chi connectivity index (χ4n) is 2.64. The van der Waals surface area contributed by atoms with Crippen LogP contribution < -0.4 is 10.6 Å². The van der Waals surface area contributed by atoms with Crippen LogP contribution in [0.4, 0.5) is 9.39 Å². The number of anilines is 1. The Morgan fingerprint density at radius 2 is 2.08 bits per heavy atom. The van der Waals surface area contributed by atoms with Crippen LogP contribution in [0.3, 0.4) is 0 Å². The Labute approximate surface area is 154 Å². The molecular weight excluding hydrogens is 357 g/mol.